The third-order valence-electron chi connectivity index (χ3n) is 4.46. The summed E-state index contributed by atoms with van der Waals surface area (Å²) < 4.78 is 44.9. The van der Waals surface area contributed by atoms with Crippen LogP contribution in [0.5, 0.6) is 5.75 Å². The molecule has 0 aliphatic rings. The van der Waals surface area contributed by atoms with Gasteiger partial charge in [-0.3, -0.25) is 9.10 Å². The lowest BCUT2D eigenvalue weighted by molar-refractivity contribution is 0.0952. The van der Waals surface area contributed by atoms with Gasteiger partial charge in [0.1, 0.15) is 11.6 Å². The number of ether oxygens (including phenoxy) is 1. The van der Waals surface area contributed by atoms with Crippen LogP contribution in [0.15, 0.2) is 42.5 Å². The zero-order chi connectivity index (χ0) is 22.3. The molecule has 2 rings (SSSR count). The van der Waals surface area contributed by atoms with Crippen LogP contribution in [-0.2, 0) is 16.6 Å². The van der Waals surface area contributed by atoms with Gasteiger partial charge in [-0.15, -0.1) is 0 Å². The maximum atomic E-state index is 13.3. The molecule has 0 aliphatic carbocycles. The van der Waals surface area contributed by atoms with Crippen molar-refractivity contribution in [3.05, 3.63) is 59.4 Å². The summed E-state index contributed by atoms with van der Waals surface area (Å²) in [5, 5.41) is 2.88. The molecule has 1 amide bonds. The van der Waals surface area contributed by atoms with E-state index in [4.69, 9.17) is 4.74 Å². The van der Waals surface area contributed by atoms with E-state index in [1.165, 1.54) is 24.3 Å². The third-order valence-corrected chi connectivity index (χ3v) is 5.60. The molecule has 30 heavy (non-hydrogen) atoms. The van der Waals surface area contributed by atoms with Crippen molar-refractivity contribution in [3.8, 4) is 5.75 Å². The minimum Gasteiger partial charge on any atom is -0.494 e. The number of halogens is 1. The summed E-state index contributed by atoms with van der Waals surface area (Å²) in [6, 6.07) is 10.2. The predicted molar refractivity (Wildman–Crippen MR) is 117 cm³/mol. The number of hydrogen-bond acceptors (Lipinski definition) is 4. The van der Waals surface area contributed by atoms with E-state index in [0.717, 1.165) is 17.0 Å². The van der Waals surface area contributed by atoms with Crippen molar-refractivity contribution in [2.24, 2.45) is 5.92 Å². The van der Waals surface area contributed by atoms with Gasteiger partial charge in [-0.25, -0.2) is 12.8 Å². The Balaban J connectivity index is 2.36. The Bertz CT molecular complexity index is 960. The first-order valence-electron chi connectivity index (χ1n) is 9.89. The molecule has 8 heteroatoms. The van der Waals surface area contributed by atoms with Gasteiger partial charge in [0.25, 0.3) is 5.91 Å². The minimum absolute atomic E-state index is 0.0487. The molecule has 0 atom stereocenters. The maximum absolute atomic E-state index is 13.3. The Morgan fingerprint density at radius 1 is 1.17 bits per heavy atom. The number of anilines is 1. The lowest BCUT2D eigenvalue weighted by Crippen LogP contribution is -2.30. The number of rotatable bonds is 10. The average Bonchev–Trinajstić information content (AvgIpc) is 2.67. The Labute approximate surface area is 178 Å². The third kappa shape index (κ3) is 6.73. The number of carbonyl (C=O) groups is 1. The van der Waals surface area contributed by atoms with Crippen LogP contribution in [0.25, 0.3) is 0 Å². The van der Waals surface area contributed by atoms with Crippen molar-refractivity contribution in [1.82, 2.24) is 5.32 Å². The molecular weight excluding hydrogens is 407 g/mol. The normalized spacial score (nSPS) is 11.4. The molecule has 0 aliphatic heterocycles. The smallest absolute Gasteiger partial charge is 0.251 e. The average molecular weight is 437 g/mol. The topological polar surface area (TPSA) is 75.7 Å². The quantitative estimate of drug-likeness (QED) is 0.612. The fourth-order valence-electron chi connectivity index (χ4n) is 2.88. The second kappa shape index (κ2) is 10.4. The molecule has 0 unspecified atom stereocenters. The van der Waals surface area contributed by atoms with E-state index in [-0.39, 0.29) is 12.5 Å². The van der Waals surface area contributed by atoms with Gasteiger partial charge < -0.3 is 10.1 Å². The highest BCUT2D eigenvalue weighted by Gasteiger charge is 2.21. The molecule has 0 spiro atoms. The van der Waals surface area contributed by atoms with Crippen LogP contribution in [0.4, 0.5) is 10.1 Å². The summed E-state index contributed by atoms with van der Waals surface area (Å²) in [6.07, 6.45) is 1.95. The fourth-order valence-corrected chi connectivity index (χ4v) is 3.76. The van der Waals surface area contributed by atoms with Gasteiger partial charge in [0, 0.05) is 17.7 Å². The zero-order valence-corrected chi connectivity index (χ0v) is 18.6. The highest BCUT2D eigenvalue weighted by Crippen LogP contribution is 2.27. The van der Waals surface area contributed by atoms with Gasteiger partial charge in [-0.05, 0) is 61.7 Å². The Kier molecular flexibility index (Phi) is 8.23. The molecule has 0 radical (unpaired) electrons. The van der Waals surface area contributed by atoms with E-state index in [1.807, 2.05) is 6.92 Å². The fraction of sp³-hybridized carbons (Fsp3) is 0.409. The molecule has 0 heterocycles. The summed E-state index contributed by atoms with van der Waals surface area (Å²) in [7, 11) is -3.66. The van der Waals surface area contributed by atoms with Crippen molar-refractivity contribution in [2.45, 2.75) is 33.7 Å². The lowest BCUT2D eigenvalue weighted by Gasteiger charge is -2.24. The molecule has 0 bridgehead atoms. The van der Waals surface area contributed by atoms with Gasteiger partial charge in [0.15, 0.2) is 0 Å². The van der Waals surface area contributed by atoms with E-state index in [2.05, 4.69) is 19.2 Å². The van der Waals surface area contributed by atoms with Gasteiger partial charge in [0.2, 0.25) is 10.0 Å². The van der Waals surface area contributed by atoms with Crippen molar-refractivity contribution in [1.29, 1.82) is 0 Å². The number of carbonyl (C=O) groups excluding carboxylic acids is 1. The largest absolute Gasteiger partial charge is 0.494 e. The molecule has 1 N–H and O–H groups in total. The van der Waals surface area contributed by atoms with E-state index in [9.17, 15) is 17.6 Å². The summed E-state index contributed by atoms with van der Waals surface area (Å²) >= 11 is 0. The minimum atomic E-state index is -3.66. The summed E-state index contributed by atoms with van der Waals surface area (Å²) in [5.74, 6) is 0.280. The summed E-state index contributed by atoms with van der Waals surface area (Å²) in [6.45, 7) is 6.89. The van der Waals surface area contributed by atoms with Crippen LogP contribution < -0.4 is 14.4 Å². The Morgan fingerprint density at radius 3 is 2.40 bits per heavy atom. The van der Waals surface area contributed by atoms with Crippen molar-refractivity contribution in [2.75, 3.05) is 23.7 Å². The molecule has 0 aromatic heterocycles. The molecule has 2 aromatic carbocycles. The van der Waals surface area contributed by atoms with E-state index >= 15 is 0 Å². The first kappa shape index (κ1) is 23.7. The SMILES string of the molecule is CCOc1ccc(C(=O)NCCC(C)C)cc1CN(c1ccc(F)cc1)S(C)(=O)=O. The molecule has 2 aromatic rings. The van der Waals surface area contributed by atoms with Gasteiger partial charge in [-0.1, -0.05) is 13.8 Å². The summed E-state index contributed by atoms with van der Waals surface area (Å²) in [5.41, 5.74) is 1.29. The van der Waals surface area contributed by atoms with E-state index in [0.29, 0.717) is 41.6 Å². The Hall–Kier alpha value is -2.61. The van der Waals surface area contributed by atoms with Gasteiger partial charge in [-0.2, -0.15) is 0 Å². The highest BCUT2D eigenvalue weighted by molar-refractivity contribution is 7.92. The molecule has 6 nitrogen and oxygen atoms in total. The number of benzene rings is 2. The second-order valence-electron chi connectivity index (χ2n) is 7.44. The van der Waals surface area contributed by atoms with Crippen molar-refractivity contribution < 1.29 is 22.3 Å². The van der Waals surface area contributed by atoms with Crippen LogP contribution >= 0.6 is 0 Å². The number of hydrogen-bond donors (Lipinski definition) is 1. The number of nitrogens with one attached hydrogen (secondary N) is 1. The lowest BCUT2D eigenvalue weighted by atomic mass is 10.1. The van der Waals surface area contributed by atoms with Crippen LogP contribution in [0, 0.1) is 11.7 Å². The standard InChI is InChI=1S/C22H29FN2O4S/c1-5-29-21-11-6-17(22(26)24-13-12-16(2)3)14-18(21)15-25(30(4,27)28)20-9-7-19(23)8-10-20/h6-11,14,16H,5,12-13,15H2,1-4H3,(H,24,26). The zero-order valence-electron chi connectivity index (χ0n) is 17.8. The first-order valence-corrected chi connectivity index (χ1v) is 11.7. The highest BCUT2D eigenvalue weighted by atomic mass is 32.2. The van der Waals surface area contributed by atoms with Gasteiger partial charge >= 0.3 is 0 Å². The number of amides is 1. The Morgan fingerprint density at radius 2 is 1.83 bits per heavy atom. The van der Waals surface area contributed by atoms with Crippen LogP contribution in [-0.4, -0.2) is 33.7 Å². The van der Waals surface area contributed by atoms with E-state index in [1.54, 1.807) is 18.2 Å². The van der Waals surface area contributed by atoms with Gasteiger partial charge in [0.05, 0.1) is 25.1 Å². The molecule has 0 saturated carbocycles. The monoisotopic (exact) mass is 436 g/mol. The van der Waals surface area contributed by atoms with Crippen molar-refractivity contribution >= 4 is 21.6 Å². The molecule has 0 fully saturated rings. The first-order chi connectivity index (χ1) is 14.1. The van der Waals surface area contributed by atoms with Crippen LogP contribution in [0.2, 0.25) is 0 Å². The van der Waals surface area contributed by atoms with Crippen molar-refractivity contribution in [3.63, 3.8) is 0 Å². The second-order valence-corrected chi connectivity index (χ2v) is 9.35. The maximum Gasteiger partial charge on any atom is 0.251 e. The molecule has 164 valence electrons. The predicted octanol–water partition coefficient (Wildman–Crippen LogP) is 3.97. The van der Waals surface area contributed by atoms with E-state index < -0.39 is 15.8 Å². The van der Waals surface area contributed by atoms with Crippen LogP contribution in [0.3, 0.4) is 0 Å². The molecule has 0 saturated heterocycles. The number of nitrogens with zero attached hydrogens (tertiary/aromatic N) is 1. The van der Waals surface area contributed by atoms with Crippen LogP contribution in [0.1, 0.15) is 43.1 Å². The summed E-state index contributed by atoms with van der Waals surface area (Å²) in [4.78, 5) is 12.5. The number of sulfonamides is 1. The molecular formula is C22H29FN2O4S.